The number of aromatic nitrogens is 3. The predicted molar refractivity (Wildman–Crippen MR) is 123 cm³/mol. The molecule has 0 aliphatic carbocycles. The average molecular weight is 457 g/mol. The Balaban J connectivity index is 1.55. The van der Waals surface area contributed by atoms with Crippen molar-refractivity contribution < 1.29 is 9.53 Å². The smallest absolute Gasteiger partial charge is 0.233 e. The van der Waals surface area contributed by atoms with Crippen LogP contribution < -0.4 is 0 Å². The van der Waals surface area contributed by atoms with Crippen molar-refractivity contribution in [3.8, 4) is 5.69 Å². The van der Waals surface area contributed by atoms with Gasteiger partial charge in [0.2, 0.25) is 5.91 Å². The van der Waals surface area contributed by atoms with Crippen LogP contribution in [0, 0.1) is 0 Å². The number of hydrogen-bond acceptors (Lipinski definition) is 5. The third-order valence-electron chi connectivity index (χ3n) is 5.09. The lowest BCUT2D eigenvalue weighted by Crippen LogP contribution is -2.48. The number of morpholine rings is 1. The van der Waals surface area contributed by atoms with Gasteiger partial charge in [0.25, 0.3) is 0 Å². The van der Waals surface area contributed by atoms with Crippen LogP contribution >= 0.6 is 23.4 Å². The van der Waals surface area contributed by atoms with Gasteiger partial charge >= 0.3 is 0 Å². The Morgan fingerprint density at radius 1 is 1.06 bits per heavy atom. The van der Waals surface area contributed by atoms with E-state index in [0.29, 0.717) is 35.4 Å². The number of benzene rings is 2. The van der Waals surface area contributed by atoms with Gasteiger partial charge in [0.1, 0.15) is 5.82 Å². The van der Waals surface area contributed by atoms with Crippen LogP contribution in [-0.2, 0) is 16.0 Å². The van der Waals surface area contributed by atoms with E-state index < -0.39 is 0 Å². The number of carbonyl (C=O) groups excluding carboxylic acids is 1. The maximum absolute atomic E-state index is 12.8. The molecule has 1 aliphatic rings. The molecule has 1 amide bonds. The number of carbonyl (C=O) groups is 1. The van der Waals surface area contributed by atoms with Gasteiger partial charge in [0.05, 0.1) is 18.0 Å². The molecule has 2 aromatic carbocycles. The summed E-state index contributed by atoms with van der Waals surface area (Å²) < 4.78 is 7.74. The zero-order valence-electron chi connectivity index (χ0n) is 17.6. The van der Waals surface area contributed by atoms with Gasteiger partial charge in [-0.25, -0.2) is 0 Å². The summed E-state index contributed by atoms with van der Waals surface area (Å²) in [6.45, 7) is 5.23. The Kier molecular flexibility index (Phi) is 6.95. The van der Waals surface area contributed by atoms with Crippen LogP contribution in [0.3, 0.4) is 0 Å². The van der Waals surface area contributed by atoms with E-state index in [2.05, 4.69) is 22.3 Å². The minimum Gasteiger partial charge on any atom is -0.372 e. The Morgan fingerprint density at radius 2 is 1.74 bits per heavy atom. The van der Waals surface area contributed by atoms with Crippen molar-refractivity contribution in [2.45, 2.75) is 37.6 Å². The van der Waals surface area contributed by atoms with Crippen LogP contribution in [0.25, 0.3) is 5.69 Å². The van der Waals surface area contributed by atoms with Crippen LogP contribution in [0.2, 0.25) is 5.02 Å². The summed E-state index contributed by atoms with van der Waals surface area (Å²) in [5.74, 6) is 1.20. The minimum absolute atomic E-state index is 0.0490. The molecule has 4 rings (SSSR count). The first-order chi connectivity index (χ1) is 15.0. The molecule has 0 radical (unpaired) electrons. The summed E-state index contributed by atoms with van der Waals surface area (Å²) >= 11 is 7.49. The quantitative estimate of drug-likeness (QED) is 0.519. The molecule has 162 valence electrons. The molecule has 1 saturated heterocycles. The van der Waals surface area contributed by atoms with Gasteiger partial charge in [-0.05, 0) is 43.7 Å². The molecule has 8 heteroatoms. The summed E-state index contributed by atoms with van der Waals surface area (Å²) in [7, 11) is 0. The molecule has 0 spiro atoms. The molecule has 2 atom stereocenters. The first kappa shape index (κ1) is 21.9. The van der Waals surface area contributed by atoms with E-state index in [9.17, 15) is 4.79 Å². The number of hydrogen-bond donors (Lipinski definition) is 0. The lowest BCUT2D eigenvalue weighted by atomic mass is 10.1. The maximum atomic E-state index is 12.8. The van der Waals surface area contributed by atoms with Crippen LogP contribution in [0.5, 0.6) is 0 Å². The molecule has 0 N–H and O–H groups in total. The van der Waals surface area contributed by atoms with E-state index in [1.807, 2.05) is 65.8 Å². The third kappa shape index (κ3) is 5.47. The molecule has 3 aromatic rings. The first-order valence-electron chi connectivity index (χ1n) is 10.3. The molecular formula is C23H25ClN4O2S. The minimum atomic E-state index is 0.0490. The molecule has 1 aliphatic heterocycles. The molecule has 2 heterocycles. The van der Waals surface area contributed by atoms with Crippen LogP contribution in [0.4, 0.5) is 0 Å². The molecule has 31 heavy (non-hydrogen) atoms. The van der Waals surface area contributed by atoms with E-state index in [4.69, 9.17) is 16.3 Å². The van der Waals surface area contributed by atoms with Gasteiger partial charge in [0, 0.05) is 30.2 Å². The lowest BCUT2D eigenvalue weighted by Gasteiger charge is -2.35. The summed E-state index contributed by atoms with van der Waals surface area (Å²) in [6, 6.07) is 17.7. The SMILES string of the molecule is CC1CN(C(=O)CSc2nnc(Cc3ccccc3)n2-c2ccc(Cl)cc2)CC(C)O1. The second-order valence-corrected chi connectivity index (χ2v) is 9.10. The van der Waals surface area contributed by atoms with Crippen molar-refractivity contribution in [1.82, 2.24) is 19.7 Å². The fourth-order valence-electron chi connectivity index (χ4n) is 3.74. The summed E-state index contributed by atoms with van der Waals surface area (Å²) in [5.41, 5.74) is 2.07. The summed E-state index contributed by atoms with van der Waals surface area (Å²) in [6.07, 6.45) is 0.740. The van der Waals surface area contributed by atoms with Crippen LogP contribution in [0.1, 0.15) is 25.2 Å². The number of amides is 1. The summed E-state index contributed by atoms with van der Waals surface area (Å²) in [4.78, 5) is 14.7. The van der Waals surface area contributed by atoms with Gasteiger partial charge in [-0.1, -0.05) is 53.7 Å². The monoisotopic (exact) mass is 456 g/mol. The molecule has 1 aromatic heterocycles. The van der Waals surface area contributed by atoms with Gasteiger partial charge in [-0.15, -0.1) is 10.2 Å². The predicted octanol–water partition coefficient (Wildman–Crippen LogP) is 4.24. The van der Waals surface area contributed by atoms with Crippen molar-refractivity contribution in [3.05, 3.63) is 71.0 Å². The molecule has 1 fully saturated rings. The fraction of sp³-hybridized carbons (Fsp3) is 0.348. The highest BCUT2D eigenvalue weighted by Crippen LogP contribution is 2.25. The normalized spacial score (nSPS) is 18.9. The van der Waals surface area contributed by atoms with E-state index >= 15 is 0 Å². The third-order valence-corrected chi connectivity index (χ3v) is 6.25. The van der Waals surface area contributed by atoms with Crippen LogP contribution in [0.15, 0.2) is 59.8 Å². The molecule has 0 saturated carbocycles. The van der Waals surface area contributed by atoms with E-state index in [1.165, 1.54) is 11.8 Å². The lowest BCUT2D eigenvalue weighted by molar-refractivity contribution is -0.140. The van der Waals surface area contributed by atoms with Crippen molar-refractivity contribution in [2.75, 3.05) is 18.8 Å². The highest BCUT2D eigenvalue weighted by atomic mass is 35.5. The Labute approximate surface area is 191 Å². The van der Waals surface area contributed by atoms with E-state index in [0.717, 1.165) is 17.1 Å². The molecule has 6 nitrogen and oxygen atoms in total. The Bertz CT molecular complexity index is 1020. The van der Waals surface area contributed by atoms with Gasteiger partial charge in [-0.2, -0.15) is 0 Å². The van der Waals surface area contributed by atoms with Crippen molar-refractivity contribution in [2.24, 2.45) is 0 Å². The van der Waals surface area contributed by atoms with Crippen molar-refractivity contribution >= 4 is 29.3 Å². The topological polar surface area (TPSA) is 60.2 Å². The standard InChI is InChI=1S/C23H25ClN4O2S/c1-16-13-27(14-17(2)30-16)22(29)15-31-23-26-25-21(12-18-6-4-3-5-7-18)28(23)20-10-8-19(24)9-11-20/h3-11,16-17H,12-15H2,1-2H3. The first-order valence-corrected chi connectivity index (χ1v) is 11.7. The largest absolute Gasteiger partial charge is 0.372 e. The van der Waals surface area contributed by atoms with Gasteiger partial charge < -0.3 is 9.64 Å². The van der Waals surface area contributed by atoms with Gasteiger partial charge in [0.15, 0.2) is 5.16 Å². The second-order valence-electron chi connectivity index (χ2n) is 7.72. The molecule has 0 bridgehead atoms. The molecule has 2 unspecified atom stereocenters. The fourth-order valence-corrected chi connectivity index (χ4v) is 4.73. The molecular weight excluding hydrogens is 432 g/mol. The zero-order chi connectivity index (χ0) is 21.8. The maximum Gasteiger partial charge on any atom is 0.233 e. The number of ether oxygens (including phenoxy) is 1. The Hall–Kier alpha value is -2.35. The summed E-state index contributed by atoms with van der Waals surface area (Å²) in [5, 5.41) is 10.2. The number of nitrogens with zero attached hydrogens (tertiary/aromatic N) is 4. The highest BCUT2D eigenvalue weighted by molar-refractivity contribution is 7.99. The zero-order valence-corrected chi connectivity index (χ0v) is 19.1. The number of rotatable bonds is 6. The van der Waals surface area contributed by atoms with Crippen molar-refractivity contribution in [3.63, 3.8) is 0 Å². The van der Waals surface area contributed by atoms with E-state index in [-0.39, 0.29) is 18.1 Å². The van der Waals surface area contributed by atoms with Crippen molar-refractivity contribution in [1.29, 1.82) is 0 Å². The van der Waals surface area contributed by atoms with E-state index in [1.54, 1.807) is 0 Å². The second kappa shape index (κ2) is 9.85. The van der Waals surface area contributed by atoms with Crippen LogP contribution in [-0.4, -0.2) is 56.6 Å². The number of thioether (sulfide) groups is 1. The number of halogens is 1. The average Bonchev–Trinajstić information content (AvgIpc) is 3.15. The van der Waals surface area contributed by atoms with Gasteiger partial charge in [-0.3, -0.25) is 9.36 Å². The Morgan fingerprint density at radius 3 is 2.42 bits per heavy atom. The highest BCUT2D eigenvalue weighted by Gasteiger charge is 2.26.